The van der Waals surface area contributed by atoms with Crippen LogP contribution in [0.3, 0.4) is 0 Å². The van der Waals surface area contributed by atoms with Gasteiger partial charge in [-0.15, -0.1) is 0 Å². The van der Waals surface area contributed by atoms with E-state index in [2.05, 4.69) is 37.5 Å². The number of hydrogen-bond donors (Lipinski definition) is 2. The third-order valence-electron chi connectivity index (χ3n) is 3.36. The lowest BCUT2D eigenvalue weighted by molar-refractivity contribution is 0.484. The lowest BCUT2D eigenvalue weighted by Gasteiger charge is -2.16. The van der Waals surface area contributed by atoms with Gasteiger partial charge < -0.3 is 0 Å². The lowest BCUT2D eigenvalue weighted by Crippen LogP contribution is -2.37. The number of nitrogens with one attached hydrogen (secondary N) is 1. The van der Waals surface area contributed by atoms with Crippen LogP contribution in [0.15, 0.2) is 18.2 Å². The van der Waals surface area contributed by atoms with Crippen LogP contribution in [0.5, 0.6) is 0 Å². The predicted molar refractivity (Wildman–Crippen MR) is 79.7 cm³/mol. The van der Waals surface area contributed by atoms with Gasteiger partial charge in [0.2, 0.25) is 0 Å². The molecule has 1 aromatic rings. The van der Waals surface area contributed by atoms with E-state index >= 15 is 0 Å². The number of nitrogens with two attached hydrogens (primary N) is 1. The summed E-state index contributed by atoms with van der Waals surface area (Å²) in [5, 5.41) is 0. The van der Waals surface area contributed by atoms with Crippen LogP contribution in [0.4, 0.5) is 0 Å². The molecule has 0 spiro atoms. The maximum atomic E-state index is 11.1. The predicted octanol–water partition coefficient (Wildman–Crippen LogP) is 1.50. The standard InChI is InChI=1S/C14H24N2O2S/c1-11-6-7-13(9-12(11)2)10-14(16-15)5-4-8-19(3,17)18/h6-7,9,14,16H,4-5,8,10,15H2,1-3H3. The molecule has 1 aromatic carbocycles. The summed E-state index contributed by atoms with van der Waals surface area (Å²) >= 11 is 0. The van der Waals surface area contributed by atoms with E-state index in [9.17, 15) is 8.42 Å². The summed E-state index contributed by atoms with van der Waals surface area (Å²) in [6.45, 7) is 4.18. The van der Waals surface area contributed by atoms with E-state index < -0.39 is 9.84 Å². The second-order valence-electron chi connectivity index (χ2n) is 5.26. The van der Waals surface area contributed by atoms with Gasteiger partial charge >= 0.3 is 0 Å². The Morgan fingerprint density at radius 2 is 1.95 bits per heavy atom. The SMILES string of the molecule is Cc1ccc(CC(CCCS(C)(=O)=O)NN)cc1C. The number of hydrogen-bond acceptors (Lipinski definition) is 4. The number of sulfone groups is 1. The quantitative estimate of drug-likeness (QED) is 0.588. The first kappa shape index (κ1) is 16.1. The first-order valence-corrected chi connectivity index (χ1v) is 8.58. The van der Waals surface area contributed by atoms with Crippen LogP contribution in [0, 0.1) is 13.8 Å². The maximum absolute atomic E-state index is 11.1. The van der Waals surface area contributed by atoms with E-state index in [1.807, 2.05) is 0 Å². The molecule has 0 aromatic heterocycles. The molecular formula is C14H24N2O2S. The van der Waals surface area contributed by atoms with Crippen molar-refractivity contribution in [1.82, 2.24) is 5.43 Å². The smallest absolute Gasteiger partial charge is 0.147 e. The van der Waals surface area contributed by atoms with Gasteiger partial charge in [-0.25, -0.2) is 8.42 Å². The van der Waals surface area contributed by atoms with Gasteiger partial charge in [0.1, 0.15) is 9.84 Å². The normalized spacial score (nSPS) is 13.5. The summed E-state index contributed by atoms with van der Waals surface area (Å²) < 4.78 is 22.2. The van der Waals surface area contributed by atoms with Crippen molar-refractivity contribution in [2.24, 2.45) is 5.84 Å². The lowest BCUT2D eigenvalue weighted by atomic mass is 9.99. The van der Waals surface area contributed by atoms with Gasteiger partial charge in [0.15, 0.2) is 0 Å². The molecule has 0 saturated heterocycles. The number of hydrazine groups is 1. The zero-order valence-corrected chi connectivity index (χ0v) is 12.8. The fraction of sp³-hybridized carbons (Fsp3) is 0.571. The molecule has 1 rings (SSSR count). The van der Waals surface area contributed by atoms with E-state index in [0.717, 1.165) is 12.8 Å². The molecule has 0 aliphatic rings. The highest BCUT2D eigenvalue weighted by Crippen LogP contribution is 2.13. The maximum Gasteiger partial charge on any atom is 0.147 e. The van der Waals surface area contributed by atoms with Crippen molar-refractivity contribution in [2.75, 3.05) is 12.0 Å². The van der Waals surface area contributed by atoms with Crippen LogP contribution >= 0.6 is 0 Å². The fourth-order valence-corrected chi connectivity index (χ4v) is 2.74. The Kier molecular flexibility index (Phi) is 5.97. The molecule has 0 fully saturated rings. The van der Waals surface area contributed by atoms with Crippen molar-refractivity contribution < 1.29 is 8.42 Å². The first-order chi connectivity index (χ1) is 8.81. The van der Waals surface area contributed by atoms with Crippen molar-refractivity contribution in [2.45, 2.75) is 39.2 Å². The van der Waals surface area contributed by atoms with E-state index in [4.69, 9.17) is 5.84 Å². The zero-order chi connectivity index (χ0) is 14.5. The fourth-order valence-electron chi connectivity index (χ4n) is 2.05. The van der Waals surface area contributed by atoms with Crippen molar-refractivity contribution >= 4 is 9.84 Å². The van der Waals surface area contributed by atoms with Crippen LogP contribution in [-0.4, -0.2) is 26.5 Å². The van der Waals surface area contributed by atoms with Gasteiger partial charge in [-0.2, -0.15) is 0 Å². The Morgan fingerprint density at radius 3 is 2.47 bits per heavy atom. The van der Waals surface area contributed by atoms with Crippen LogP contribution in [-0.2, 0) is 16.3 Å². The molecule has 0 bridgehead atoms. The monoisotopic (exact) mass is 284 g/mol. The van der Waals surface area contributed by atoms with E-state index in [-0.39, 0.29) is 11.8 Å². The molecule has 108 valence electrons. The molecule has 0 aliphatic heterocycles. The molecule has 0 radical (unpaired) electrons. The average molecular weight is 284 g/mol. The Bertz CT molecular complexity index is 512. The van der Waals surface area contributed by atoms with E-state index in [1.165, 1.54) is 22.9 Å². The molecule has 3 N–H and O–H groups in total. The van der Waals surface area contributed by atoms with Crippen molar-refractivity contribution in [3.05, 3.63) is 34.9 Å². The first-order valence-electron chi connectivity index (χ1n) is 6.52. The second-order valence-corrected chi connectivity index (χ2v) is 7.52. The van der Waals surface area contributed by atoms with Crippen molar-refractivity contribution in [3.63, 3.8) is 0 Å². The summed E-state index contributed by atoms with van der Waals surface area (Å²) in [6.07, 6.45) is 3.48. The third kappa shape index (κ3) is 6.18. The summed E-state index contributed by atoms with van der Waals surface area (Å²) in [5.41, 5.74) is 6.55. The highest BCUT2D eigenvalue weighted by atomic mass is 32.2. The minimum absolute atomic E-state index is 0.115. The molecule has 5 heteroatoms. The minimum Gasteiger partial charge on any atom is -0.271 e. The summed E-state index contributed by atoms with van der Waals surface area (Å²) in [4.78, 5) is 0. The van der Waals surface area contributed by atoms with Gasteiger partial charge in [0.05, 0.1) is 0 Å². The van der Waals surface area contributed by atoms with Crippen LogP contribution in [0.25, 0.3) is 0 Å². The molecule has 0 aliphatic carbocycles. The third-order valence-corrected chi connectivity index (χ3v) is 4.39. The average Bonchev–Trinajstić information content (AvgIpc) is 2.31. The Morgan fingerprint density at radius 1 is 1.26 bits per heavy atom. The molecule has 19 heavy (non-hydrogen) atoms. The largest absolute Gasteiger partial charge is 0.271 e. The highest BCUT2D eigenvalue weighted by molar-refractivity contribution is 7.90. The molecular weight excluding hydrogens is 260 g/mol. The van der Waals surface area contributed by atoms with E-state index in [1.54, 1.807) is 0 Å². The summed E-state index contributed by atoms with van der Waals surface area (Å²) in [6, 6.07) is 6.48. The van der Waals surface area contributed by atoms with Crippen LogP contribution in [0.1, 0.15) is 29.5 Å². The second kappa shape index (κ2) is 7.03. The molecule has 1 atom stereocenters. The molecule has 0 saturated carbocycles. The minimum atomic E-state index is -2.88. The Balaban J connectivity index is 2.54. The molecule has 0 amide bonds. The molecule has 0 heterocycles. The van der Waals surface area contributed by atoms with Crippen LogP contribution in [0.2, 0.25) is 0 Å². The molecule has 4 nitrogen and oxygen atoms in total. The van der Waals surface area contributed by atoms with Gasteiger partial charge in [0.25, 0.3) is 0 Å². The number of rotatable bonds is 7. The van der Waals surface area contributed by atoms with E-state index in [0.29, 0.717) is 6.42 Å². The number of aryl methyl sites for hydroxylation is 2. The molecule has 1 unspecified atom stereocenters. The Labute approximate surface area is 116 Å². The van der Waals surface area contributed by atoms with Gasteiger partial charge in [-0.3, -0.25) is 11.3 Å². The summed E-state index contributed by atoms with van der Waals surface area (Å²) in [7, 11) is -2.88. The van der Waals surface area contributed by atoms with Crippen molar-refractivity contribution in [3.8, 4) is 0 Å². The highest BCUT2D eigenvalue weighted by Gasteiger charge is 2.10. The van der Waals surface area contributed by atoms with Gasteiger partial charge in [-0.05, 0) is 49.8 Å². The Hall–Kier alpha value is -0.910. The van der Waals surface area contributed by atoms with Crippen LogP contribution < -0.4 is 11.3 Å². The zero-order valence-electron chi connectivity index (χ0n) is 11.9. The topological polar surface area (TPSA) is 72.2 Å². The number of benzene rings is 1. The van der Waals surface area contributed by atoms with Gasteiger partial charge in [-0.1, -0.05) is 18.2 Å². The van der Waals surface area contributed by atoms with Crippen molar-refractivity contribution in [1.29, 1.82) is 0 Å². The van der Waals surface area contributed by atoms with Gasteiger partial charge in [0, 0.05) is 18.1 Å². The summed E-state index contributed by atoms with van der Waals surface area (Å²) in [5.74, 6) is 5.76.